The molecular formula is C114H223Cl2Fe6N6O4P3. The summed E-state index contributed by atoms with van der Waals surface area (Å²) in [6.07, 6.45) is 94.0. The average molecular weight is 2240 g/mol. The van der Waals surface area contributed by atoms with E-state index >= 15 is 0 Å². The summed E-state index contributed by atoms with van der Waals surface area (Å²) in [5, 5.41) is 13.4. The molecule has 135 heavy (non-hydrogen) atoms. The van der Waals surface area contributed by atoms with Crippen molar-refractivity contribution in [3.63, 3.8) is 0 Å². The van der Waals surface area contributed by atoms with Gasteiger partial charge in [-0.25, -0.2) is 20.9 Å². The molecule has 0 aromatic heterocycles. The average Bonchev–Trinajstić information content (AvgIpc) is 1.60. The predicted octanol–water partition coefficient (Wildman–Crippen LogP) is 38.4. The maximum atomic E-state index is 12.1. The fourth-order valence-electron chi connectivity index (χ4n) is 16.2. The first-order valence-corrected chi connectivity index (χ1v) is 51.6. The number of hydrogen-bond donors (Lipinski definition) is 2. The molecule has 2 unspecified atom stereocenters. The number of nitrogens with zero attached hydrogens (tertiary/aromatic N) is 4. The molecule has 18 rings (SSSR count). The maximum Gasteiger partial charge on any atom is 2.00 e. The Balaban J connectivity index is -0.0000000544. The van der Waals surface area contributed by atoms with Gasteiger partial charge < -0.3 is 89.1 Å². The third-order valence-corrected chi connectivity index (χ3v) is 29.4. The molecule has 21 heteroatoms. The molecule has 6 atom stereocenters. The first-order valence-electron chi connectivity index (χ1n) is 47.3. The number of carbonyl (C=O) groups excluding carboxylic acids is 4. The molecule has 2 N–H and O–H groups in total. The fraction of sp³-hybridized carbons (Fsp3) is 0.684. The minimum absolute atomic E-state index is 0. The second-order valence-electron chi connectivity index (χ2n) is 32.9. The van der Waals surface area contributed by atoms with Crippen molar-refractivity contribution >= 4 is 98.9 Å². The fourth-order valence-corrected chi connectivity index (χ4v) is 22.1. The normalized spacial score (nSPS) is 19.3. The topological polar surface area (TPSA) is 124 Å². The first kappa shape index (κ1) is 187. The SMILES string of the molecule is C.C.C.C.C/C=N/N=C/C.C1CCCC1.C1CCCC1.C1CCCC1.C1CCCC1.C1CCCC1.C1CCCC1.C1CCCC1.C1CCCC1.C1CCCC1.C1CCCC1.C1CCCC1.C1CCCC1.C[C@@H]1N2C(=O)CCC(=O)N2[C@H](C)P1c1ccccc1.C[C@H]1NN[C@H](C)P1c1ccccc1.O=C(Cl)CCC(=O)Cl.Pc1ccccc1.[CH3-].[CH3-].[CH3-].[CH3-].[CH3-].[CH3-].[CH3-].[CH3-].[CH3-].[CH3-].[CH3-].[CH3-].[Fe+2].[Fe+2].[Fe+2].[Fe+2].[Fe+2].[Fe+2]. The van der Waals surface area contributed by atoms with Gasteiger partial charge in [0, 0.05) is 49.7 Å². The van der Waals surface area contributed by atoms with Crippen LogP contribution in [0.15, 0.2) is 101 Å². The molecule has 3 heterocycles. The van der Waals surface area contributed by atoms with E-state index in [1.165, 1.54) is 401 Å². The number of nitrogens with one attached hydrogen (secondary N) is 2. The van der Waals surface area contributed by atoms with Crippen molar-refractivity contribution in [3.8, 4) is 0 Å². The zero-order valence-electron chi connectivity index (χ0n) is 87.7. The number of carbonyl (C=O) groups is 4. The van der Waals surface area contributed by atoms with Gasteiger partial charge in [0.05, 0.1) is 11.6 Å². The van der Waals surface area contributed by atoms with Gasteiger partial charge in [0.15, 0.2) is 0 Å². The number of hydrogen-bond acceptors (Lipinski definition) is 8. The molecule has 3 aromatic rings. The van der Waals surface area contributed by atoms with Gasteiger partial charge in [-0.2, -0.15) is 10.2 Å². The molecule has 15 fully saturated rings. The Morgan fingerprint density at radius 2 is 0.437 bits per heavy atom. The Hall–Kier alpha value is 0.187. The first-order chi connectivity index (χ1) is 55.3. The largest absolute Gasteiger partial charge is 2.00 e. The Labute approximate surface area is 928 Å². The van der Waals surface area contributed by atoms with E-state index in [0.717, 1.165) is 0 Å². The molecule has 3 aromatic carbocycles. The quantitative estimate of drug-likeness (QED) is 0.0633. The van der Waals surface area contributed by atoms with Crippen LogP contribution in [0.25, 0.3) is 0 Å². The van der Waals surface area contributed by atoms with Crippen LogP contribution in [0.5, 0.6) is 0 Å². The third-order valence-electron chi connectivity index (χ3n) is 22.9. The monoisotopic (exact) mass is 2240 g/mol. The summed E-state index contributed by atoms with van der Waals surface area (Å²) >= 11 is 9.74. The summed E-state index contributed by atoms with van der Waals surface area (Å²) in [5.74, 6) is 1.52. The van der Waals surface area contributed by atoms with Gasteiger partial charge in [0.1, 0.15) is 0 Å². The maximum absolute atomic E-state index is 12.1. The van der Waals surface area contributed by atoms with E-state index in [1.807, 2.05) is 62.4 Å². The molecule has 0 radical (unpaired) electrons. The minimum atomic E-state index is -0.556. The summed E-state index contributed by atoms with van der Waals surface area (Å²) in [6.45, 7) is 12.3. The number of rotatable bonds is 6. The predicted molar refractivity (Wildman–Crippen MR) is 609 cm³/mol. The van der Waals surface area contributed by atoms with Crippen LogP contribution in [0.4, 0.5) is 0 Å². The Kier molecular flexibility index (Phi) is 194. The number of halogens is 2. The zero-order valence-corrected chi connectivity index (χ0v) is 98.7. The Morgan fingerprint density at radius 3 is 0.563 bits per heavy atom. The van der Waals surface area contributed by atoms with Crippen molar-refractivity contribution in [3.05, 3.63) is 180 Å². The molecule has 3 aliphatic heterocycles. The molecule has 0 bridgehead atoms. The van der Waals surface area contributed by atoms with Gasteiger partial charge in [-0.3, -0.25) is 19.2 Å². The van der Waals surface area contributed by atoms with Crippen LogP contribution in [-0.2, 0) is 122 Å². The van der Waals surface area contributed by atoms with E-state index < -0.39 is 18.4 Å². The summed E-state index contributed by atoms with van der Waals surface area (Å²) < 4.78 is 0. The molecule has 2 amide bonds. The second kappa shape index (κ2) is 140. The van der Waals surface area contributed by atoms with Crippen molar-refractivity contribution in [1.29, 1.82) is 0 Å². The molecule has 15 aliphatic rings. The van der Waals surface area contributed by atoms with Gasteiger partial charge in [-0.15, -0.1) is 9.24 Å². The van der Waals surface area contributed by atoms with Crippen molar-refractivity contribution in [2.45, 2.75) is 505 Å². The van der Waals surface area contributed by atoms with Crippen LogP contribution in [0.2, 0.25) is 0 Å². The van der Waals surface area contributed by atoms with Crippen LogP contribution >= 0.6 is 48.3 Å². The molecule has 10 nitrogen and oxygen atoms in total. The number of amides is 2. The van der Waals surface area contributed by atoms with Crippen LogP contribution in [0.3, 0.4) is 0 Å². The minimum Gasteiger partial charge on any atom is -0.358 e. The van der Waals surface area contributed by atoms with Crippen LogP contribution in [-0.4, -0.2) is 67.9 Å². The summed E-state index contributed by atoms with van der Waals surface area (Å²) in [5.41, 5.74) is 6.59. The molecule has 0 spiro atoms. The van der Waals surface area contributed by atoms with E-state index in [-0.39, 0.29) is 265 Å². The van der Waals surface area contributed by atoms with Crippen molar-refractivity contribution in [1.82, 2.24) is 20.9 Å². The smallest absolute Gasteiger partial charge is 0.358 e. The van der Waals surface area contributed by atoms with E-state index in [0.29, 0.717) is 24.4 Å². The van der Waals surface area contributed by atoms with Crippen molar-refractivity contribution < 1.29 is 122 Å². The summed E-state index contributed by atoms with van der Waals surface area (Å²) in [6, 6.07) is 31.2. The summed E-state index contributed by atoms with van der Waals surface area (Å²) in [4.78, 5) is 44.0. The summed E-state index contributed by atoms with van der Waals surface area (Å²) in [7, 11) is 1.99. The van der Waals surface area contributed by atoms with E-state index in [9.17, 15) is 19.2 Å². The van der Waals surface area contributed by atoms with Gasteiger partial charge in [0.2, 0.25) is 22.3 Å². The molecular weight excluding hydrogens is 2020 g/mol. The zero-order chi connectivity index (χ0) is 81.8. The van der Waals surface area contributed by atoms with Gasteiger partial charge in [-0.05, 0) is 96.5 Å². The standard InChI is InChI=1S/C14H17N2O2P.C10H15N2P.C6H7P.12C5H10.C4H4Cl2O2.C4H8N2.4CH4.12CH3.6Fe/c1-10-15-13(17)8-9-14(18)16(15)11(2)19(10)12-6-4-3-5-7-12;1-8-11-12-9(2)13(8)10-6-4-3-5-7-10;7-6-4-2-1-3-5-6;12*1-2-4-5-3-1;5-3(7)1-2-4(6)8;1-3-5-6-4-2;;;;;;;;;;;;;;;;;;;;;;/h3-7,10-11H,8-9H2,1-2H3;3-9,11-12H,1-2H3;1-5H,7H2;12*1-5H2;1-2H2;3-4H,1-2H3;4*1H4;12*1H3;;;;;;/q;;;;;;;;;;;;;;;;;;;;;12*-1;6*+2/b;;;;;;;;;;;;;;;;5-3+,6-4+;;;;;;;;;;;;;;;;;;;;;;/t10-,11+,19?;8-,9-;;;;;;;;;;;;;;;;;;;;;;;;;;;;;;;;;;;;;/m.0...................................../s1. The number of benzene rings is 3. The molecule has 3 saturated heterocycles. The van der Waals surface area contributed by atoms with Crippen LogP contribution < -0.4 is 26.8 Å². The number of hydrazine groups is 2. The molecule has 12 aliphatic carbocycles. The third kappa shape index (κ3) is 110. The van der Waals surface area contributed by atoms with E-state index in [1.54, 1.807) is 22.4 Å². The van der Waals surface area contributed by atoms with Crippen molar-refractivity contribution in [2.75, 3.05) is 0 Å². The molecule has 12 saturated carbocycles. The van der Waals surface area contributed by atoms with E-state index in [2.05, 4.69) is 100 Å². The van der Waals surface area contributed by atoms with Crippen LogP contribution in [0.1, 0.15) is 482 Å². The van der Waals surface area contributed by atoms with Gasteiger partial charge >= 0.3 is 102 Å². The van der Waals surface area contributed by atoms with Gasteiger partial charge in [0.25, 0.3) is 0 Å². The van der Waals surface area contributed by atoms with Crippen molar-refractivity contribution in [2.24, 2.45) is 10.2 Å². The van der Waals surface area contributed by atoms with Crippen LogP contribution in [0, 0.1) is 89.1 Å². The Morgan fingerprint density at radius 1 is 0.296 bits per heavy atom. The number of fused-ring (bicyclic) bond motifs is 1. The second-order valence-corrected chi connectivity index (χ2v) is 40.2. The van der Waals surface area contributed by atoms with E-state index in [4.69, 9.17) is 23.2 Å². The Bertz CT molecular complexity index is 2310. The van der Waals surface area contributed by atoms with Gasteiger partial charge in [-0.1, -0.05) is 506 Å². The molecule has 810 valence electrons.